The van der Waals surface area contributed by atoms with E-state index in [-0.39, 0.29) is 70.2 Å². The average Bonchev–Trinajstić information content (AvgIpc) is 3.36. The van der Waals surface area contributed by atoms with Gasteiger partial charge in [0.25, 0.3) is 0 Å². The highest BCUT2D eigenvalue weighted by molar-refractivity contribution is 7.98. The number of urea groups is 1. The third-order valence-corrected chi connectivity index (χ3v) is 12.9. The Kier molecular flexibility index (Phi) is 29.3. The molecule has 3 atom stereocenters. The van der Waals surface area contributed by atoms with Crippen LogP contribution in [0.5, 0.6) is 0 Å². The van der Waals surface area contributed by atoms with Crippen molar-refractivity contribution in [3.05, 3.63) is 65.7 Å². The monoisotopic (exact) mass is 1140 g/mol. The summed E-state index contributed by atoms with van der Waals surface area (Å²) >= 11 is 1.51. The number of thioether (sulfide) groups is 1. The number of anilines is 1. The lowest BCUT2D eigenvalue weighted by atomic mass is 9.97. The highest BCUT2D eigenvalue weighted by Gasteiger charge is 2.31. The maximum Gasteiger partial charge on any atom is 0.407 e. The number of carbonyl (C=O) groups excluding carboxylic acids is 8. The van der Waals surface area contributed by atoms with Crippen LogP contribution in [0.2, 0.25) is 0 Å². The molecule has 3 rings (SSSR count). The Morgan fingerprint density at radius 1 is 0.575 bits per heavy atom. The Morgan fingerprint density at radius 3 is 1.49 bits per heavy atom. The van der Waals surface area contributed by atoms with Crippen LogP contribution in [-0.2, 0) is 60.9 Å². The van der Waals surface area contributed by atoms with Gasteiger partial charge in [-0.25, -0.2) is 9.59 Å². The van der Waals surface area contributed by atoms with E-state index in [1.54, 1.807) is 24.3 Å². The van der Waals surface area contributed by atoms with Crippen LogP contribution >= 0.6 is 11.8 Å². The number of hydrogen-bond donors (Lipinski definition) is 6. The molecular formula is C57H92N10O12S. The molecule has 1 fully saturated rings. The topological polar surface area (TPSA) is 259 Å². The number of amides is 6. The predicted octanol–water partition coefficient (Wildman–Crippen LogP) is 4.37. The number of alkyl carbamates (subject to hydrolysis) is 1. The lowest BCUT2D eigenvalue weighted by Crippen LogP contribution is -2.56. The van der Waals surface area contributed by atoms with Gasteiger partial charge in [0.05, 0.1) is 26.2 Å². The molecule has 0 unspecified atom stereocenters. The van der Waals surface area contributed by atoms with Crippen molar-refractivity contribution in [3.63, 3.8) is 0 Å². The number of nitrogens with one attached hydrogen (secondary N) is 6. The second-order valence-corrected chi connectivity index (χ2v) is 23.9. The van der Waals surface area contributed by atoms with Gasteiger partial charge < -0.3 is 50.8 Å². The van der Waals surface area contributed by atoms with Crippen LogP contribution in [0.25, 0.3) is 0 Å². The summed E-state index contributed by atoms with van der Waals surface area (Å²) in [7, 11) is 0. The number of nitrogens with zero attached hydrogens (tertiary/aromatic N) is 4. The average molecular weight is 1140 g/mol. The fourth-order valence-corrected chi connectivity index (χ4v) is 8.54. The van der Waals surface area contributed by atoms with Crippen molar-refractivity contribution in [2.45, 2.75) is 131 Å². The summed E-state index contributed by atoms with van der Waals surface area (Å²) in [5.41, 5.74) is -0.0240. The Morgan fingerprint density at radius 2 is 1.04 bits per heavy atom. The summed E-state index contributed by atoms with van der Waals surface area (Å²) < 4.78 is 22.2. The standard InChI is InChI=1S/C57H92N10O12S/c1-13-41(2)50(52(73)58-24-25-59-54(75)76-40-43-17-15-14-16-18-43)63-51(72)45(23-34-80-12)62-53(74)61-44-21-19-42(20-22-44)35-60-46(68)36-64-26-28-65(37-47(69)77-55(3,4)5)30-32-67(39-49(71)79-57(9,10)11)33-31-66(29-27-64)38-48(70)78-56(6,7)8/h14-22,41,45,50H,13,23-40H2,1-12H3,(H,58,73)(H,59,75)(H,60,68)(H,63,72)(H2,61,62,74)/t41-,45-,50-/m0/s1. The fourth-order valence-electron chi connectivity index (χ4n) is 8.07. The molecule has 1 aliphatic rings. The number of esters is 3. The van der Waals surface area contributed by atoms with E-state index < -0.39 is 64.8 Å². The van der Waals surface area contributed by atoms with Crippen LogP contribution < -0.4 is 31.9 Å². The lowest BCUT2D eigenvalue weighted by molar-refractivity contribution is -0.158. The van der Waals surface area contributed by atoms with Gasteiger partial charge in [0.15, 0.2) is 0 Å². The first-order chi connectivity index (χ1) is 37.6. The van der Waals surface area contributed by atoms with Gasteiger partial charge in [-0.1, -0.05) is 62.7 Å². The van der Waals surface area contributed by atoms with Gasteiger partial charge in [-0.15, -0.1) is 0 Å². The Hall–Kier alpha value is -6.01. The summed E-state index contributed by atoms with van der Waals surface area (Å²) in [6, 6.07) is 13.6. The van der Waals surface area contributed by atoms with Crippen molar-refractivity contribution in [2.24, 2.45) is 5.92 Å². The number of benzene rings is 2. The Bertz CT molecular complexity index is 2230. The van der Waals surface area contributed by atoms with Crippen LogP contribution in [0.3, 0.4) is 0 Å². The van der Waals surface area contributed by atoms with Crippen LogP contribution in [0.4, 0.5) is 15.3 Å². The third-order valence-electron chi connectivity index (χ3n) is 12.2. The molecule has 0 bridgehead atoms. The largest absolute Gasteiger partial charge is 0.459 e. The van der Waals surface area contributed by atoms with E-state index in [0.717, 1.165) is 11.1 Å². The molecule has 0 radical (unpaired) electrons. The maximum absolute atomic E-state index is 13.7. The third kappa shape index (κ3) is 30.0. The minimum Gasteiger partial charge on any atom is -0.459 e. The molecule has 22 nitrogen and oxygen atoms in total. The van der Waals surface area contributed by atoms with Crippen LogP contribution in [0.1, 0.15) is 100 Å². The van der Waals surface area contributed by atoms with Crippen molar-refractivity contribution in [2.75, 3.05) is 109 Å². The van der Waals surface area contributed by atoms with Crippen LogP contribution in [-0.4, -0.2) is 200 Å². The second-order valence-electron chi connectivity index (χ2n) is 22.9. The highest BCUT2D eigenvalue weighted by Crippen LogP contribution is 2.15. The van der Waals surface area contributed by atoms with Crippen molar-refractivity contribution in [3.8, 4) is 0 Å². The second kappa shape index (κ2) is 34.3. The smallest absolute Gasteiger partial charge is 0.407 e. The van der Waals surface area contributed by atoms with Gasteiger partial charge in [-0.2, -0.15) is 11.8 Å². The highest BCUT2D eigenvalue weighted by atomic mass is 32.2. The zero-order valence-corrected chi connectivity index (χ0v) is 50.3. The molecule has 1 aliphatic heterocycles. The molecule has 448 valence electrons. The molecule has 0 spiro atoms. The van der Waals surface area contributed by atoms with E-state index >= 15 is 0 Å². The van der Waals surface area contributed by atoms with Gasteiger partial charge in [0, 0.05) is 77.7 Å². The molecule has 1 saturated heterocycles. The molecule has 0 aliphatic carbocycles. The van der Waals surface area contributed by atoms with Crippen molar-refractivity contribution < 1.29 is 57.3 Å². The zero-order chi connectivity index (χ0) is 59.5. The summed E-state index contributed by atoms with van der Waals surface area (Å²) in [5, 5.41) is 16.8. The quantitative estimate of drug-likeness (QED) is 0.0459. The molecule has 6 N–H and O–H groups in total. The number of carbonyl (C=O) groups is 8. The van der Waals surface area contributed by atoms with Crippen molar-refractivity contribution in [1.29, 1.82) is 0 Å². The van der Waals surface area contributed by atoms with Crippen molar-refractivity contribution >= 4 is 65.2 Å². The summed E-state index contributed by atoms with van der Waals surface area (Å²) in [5.74, 6) is -2.06. The van der Waals surface area contributed by atoms with E-state index in [0.29, 0.717) is 76.6 Å². The predicted molar refractivity (Wildman–Crippen MR) is 310 cm³/mol. The first-order valence-electron chi connectivity index (χ1n) is 27.6. The van der Waals surface area contributed by atoms with E-state index in [2.05, 4.69) is 31.9 Å². The fraction of sp³-hybridized carbons (Fsp3) is 0.649. The Labute approximate surface area is 478 Å². The molecule has 0 aromatic heterocycles. The van der Waals surface area contributed by atoms with E-state index in [1.807, 2.05) is 132 Å². The van der Waals surface area contributed by atoms with E-state index in [1.165, 1.54) is 11.8 Å². The molecule has 6 amide bonds. The summed E-state index contributed by atoms with van der Waals surface area (Å²) in [6.45, 7) is 23.8. The number of rotatable bonds is 25. The molecule has 2 aromatic carbocycles. The summed E-state index contributed by atoms with van der Waals surface area (Å²) in [6.07, 6.45) is 2.14. The van der Waals surface area contributed by atoms with Gasteiger partial charge in [-0.05, 0) is 110 Å². The van der Waals surface area contributed by atoms with Crippen molar-refractivity contribution in [1.82, 2.24) is 46.2 Å². The van der Waals surface area contributed by atoms with Gasteiger partial charge in [-0.3, -0.25) is 48.4 Å². The number of ether oxygens (including phenoxy) is 4. The zero-order valence-electron chi connectivity index (χ0n) is 49.5. The van der Waals surface area contributed by atoms with Crippen LogP contribution in [0.15, 0.2) is 54.6 Å². The molecule has 0 saturated carbocycles. The van der Waals surface area contributed by atoms with Crippen LogP contribution in [0, 0.1) is 5.92 Å². The SMILES string of the molecule is CC[C@H](C)[C@H](NC(=O)[C@H](CCSC)NC(=O)Nc1ccc(CNC(=O)CN2CCN(CC(=O)OC(C)(C)C)CCN(CC(=O)OC(C)(C)C)CCN(CC(=O)OC(C)(C)C)CC2)cc1)C(=O)NCCNC(=O)OCc1ccccc1. The number of hydrogen-bond acceptors (Lipinski definition) is 17. The van der Waals surface area contributed by atoms with Gasteiger partial charge in [0.1, 0.15) is 35.5 Å². The Balaban J connectivity index is 1.64. The normalized spacial score (nSPS) is 15.8. The van der Waals surface area contributed by atoms with E-state index in [9.17, 15) is 38.4 Å². The molecule has 2 aromatic rings. The first-order valence-corrected chi connectivity index (χ1v) is 29.0. The molecule has 80 heavy (non-hydrogen) atoms. The molecule has 1 heterocycles. The maximum atomic E-state index is 13.7. The first kappa shape index (κ1) is 68.3. The summed E-state index contributed by atoms with van der Waals surface area (Å²) in [4.78, 5) is 113. The minimum atomic E-state index is -0.962. The van der Waals surface area contributed by atoms with Gasteiger partial charge >= 0.3 is 30.0 Å². The van der Waals surface area contributed by atoms with E-state index in [4.69, 9.17) is 18.9 Å². The van der Waals surface area contributed by atoms with Gasteiger partial charge in [0.2, 0.25) is 17.7 Å². The lowest BCUT2D eigenvalue weighted by Gasteiger charge is -2.34. The minimum absolute atomic E-state index is 0.000587. The molecule has 23 heteroatoms. The molecular weight excluding hydrogens is 1050 g/mol.